The lowest BCUT2D eigenvalue weighted by atomic mass is 10.4. The molecule has 0 bridgehead atoms. The second-order valence-corrected chi connectivity index (χ2v) is 5.15. The molecule has 1 aliphatic carbocycles. The summed E-state index contributed by atoms with van der Waals surface area (Å²) < 4.78 is 7.12. The summed E-state index contributed by atoms with van der Waals surface area (Å²) in [6, 6.07) is 1.91. The number of rotatable bonds is 5. The van der Waals surface area contributed by atoms with Gasteiger partial charge in [0, 0.05) is 25.3 Å². The Bertz CT molecular complexity index is 536. The number of anilines is 1. The molecule has 0 spiro atoms. The lowest BCUT2D eigenvalue weighted by Crippen LogP contribution is -2.31. The number of esters is 1. The van der Waals surface area contributed by atoms with Crippen molar-refractivity contribution in [2.24, 2.45) is 0 Å². The summed E-state index contributed by atoms with van der Waals surface area (Å²) in [6.07, 6.45) is 3.92. The van der Waals surface area contributed by atoms with Gasteiger partial charge in [-0.15, -0.1) is 0 Å². The third-order valence-electron chi connectivity index (χ3n) is 3.56. The summed E-state index contributed by atoms with van der Waals surface area (Å²) in [4.78, 5) is 25.0. The van der Waals surface area contributed by atoms with Crippen molar-refractivity contribution in [2.75, 3.05) is 32.0 Å². The van der Waals surface area contributed by atoms with Gasteiger partial charge in [-0.25, -0.2) is 9.59 Å². The Kier molecular flexibility index (Phi) is 3.25. The van der Waals surface area contributed by atoms with Crippen molar-refractivity contribution in [2.45, 2.75) is 18.9 Å². The Morgan fingerprint density at radius 2 is 2.30 bits per heavy atom. The molecule has 3 rings (SSSR count). The first-order chi connectivity index (χ1) is 9.65. The van der Waals surface area contributed by atoms with Gasteiger partial charge in [-0.3, -0.25) is 0 Å². The Morgan fingerprint density at radius 1 is 1.50 bits per heavy atom. The number of aromatic nitrogens is 1. The molecule has 2 heterocycles. The Hall–Kier alpha value is -2.18. The normalized spacial score (nSPS) is 18.2. The van der Waals surface area contributed by atoms with Gasteiger partial charge in [-0.05, 0) is 18.9 Å². The number of nitrogens with one attached hydrogen (secondary N) is 1. The first kappa shape index (κ1) is 12.8. The van der Waals surface area contributed by atoms with E-state index in [0.717, 1.165) is 12.8 Å². The van der Waals surface area contributed by atoms with E-state index < -0.39 is 0 Å². The molecule has 0 aromatic carbocycles. The van der Waals surface area contributed by atoms with Crippen LogP contribution in [0.25, 0.3) is 0 Å². The zero-order chi connectivity index (χ0) is 14.1. The van der Waals surface area contributed by atoms with E-state index in [2.05, 4.69) is 5.32 Å². The average Bonchev–Trinajstić information content (AvgIpc) is 3.08. The molecule has 2 aliphatic rings. The predicted molar refractivity (Wildman–Crippen MR) is 72.4 cm³/mol. The zero-order valence-corrected chi connectivity index (χ0v) is 11.2. The summed E-state index contributed by atoms with van der Waals surface area (Å²) in [6.45, 7) is 1.91. The number of nitrogen functional groups attached to an aromatic ring is 1. The highest BCUT2D eigenvalue weighted by molar-refractivity contribution is 5.89. The highest BCUT2D eigenvalue weighted by Gasteiger charge is 2.28. The molecule has 0 unspecified atom stereocenters. The third kappa shape index (κ3) is 2.56. The standard InChI is InChI=1S/C13H18N4O3/c14-9-7-11(17(8-9)10-1-2-10)12(18)20-6-5-16-4-3-15-13(16)19/h7-8,10H,1-6,14H2,(H,15,19). The van der Waals surface area contributed by atoms with Gasteiger partial charge in [-0.1, -0.05) is 0 Å². The summed E-state index contributed by atoms with van der Waals surface area (Å²) in [7, 11) is 0. The molecule has 0 radical (unpaired) electrons. The number of nitrogens with two attached hydrogens (primary N) is 1. The molecule has 1 saturated heterocycles. The van der Waals surface area contributed by atoms with Gasteiger partial charge >= 0.3 is 12.0 Å². The minimum atomic E-state index is -0.381. The van der Waals surface area contributed by atoms with Gasteiger partial charge in [0.05, 0.1) is 12.2 Å². The smallest absolute Gasteiger partial charge is 0.355 e. The van der Waals surface area contributed by atoms with Crippen LogP contribution in [0.1, 0.15) is 29.4 Å². The van der Waals surface area contributed by atoms with Crippen molar-refractivity contribution in [1.29, 1.82) is 0 Å². The first-order valence-electron chi connectivity index (χ1n) is 6.82. The van der Waals surface area contributed by atoms with Crippen molar-refractivity contribution in [3.8, 4) is 0 Å². The fraction of sp³-hybridized carbons (Fsp3) is 0.538. The van der Waals surface area contributed by atoms with E-state index >= 15 is 0 Å². The van der Waals surface area contributed by atoms with Crippen LogP contribution in [0.2, 0.25) is 0 Å². The molecule has 0 atom stereocenters. The Balaban J connectivity index is 1.55. The maximum Gasteiger partial charge on any atom is 0.355 e. The van der Waals surface area contributed by atoms with Gasteiger partial charge in [0.25, 0.3) is 0 Å². The molecule has 1 aromatic heterocycles. The van der Waals surface area contributed by atoms with Gasteiger partial charge in [0.15, 0.2) is 0 Å². The molecule has 7 heteroatoms. The van der Waals surface area contributed by atoms with E-state index in [4.69, 9.17) is 10.5 Å². The molecule has 20 heavy (non-hydrogen) atoms. The number of carbonyl (C=O) groups is 2. The van der Waals surface area contributed by atoms with Crippen molar-refractivity contribution in [3.05, 3.63) is 18.0 Å². The van der Waals surface area contributed by atoms with Crippen LogP contribution in [-0.2, 0) is 4.74 Å². The van der Waals surface area contributed by atoms with Crippen LogP contribution < -0.4 is 11.1 Å². The van der Waals surface area contributed by atoms with E-state index in [1.807, 2.05) is 4.57 Å². The SMILES string of the molecule is Nc1cc(C(=O)OCCN2CCNC2=O)n(C2CC2)c1. The van der Waals surface area contributed by atoms with Gasteiger partial charge < -0.3 is 25.3 Å². The largest absolute Gasteiger partial charge is 0.459 e. The van der Waals surface area contributed by atoms with Crippen molar-refractivity contribution >= 4 is 17.7 Å². The number of urea groups is 1. The molecule has 2 fully saturated rings. The molecule has 1 aromatic rings. The Morgan fingerprint density at radius 3 is 2.95 bits per heavy atom. The second-order valence-electron chi connectivity index (χ2n) is 5.15. The van der Waals surface area contributed by atoms with Crippen molar-refractivity contribution in [1.82, 2.24) is 14.8 Å². The molecule has 3 N–H and O–H groups in total. The highest BCUT2D eigenvalue weighted by Crippen LogP contribution is 2.37. The van der Waals surface area contributed by atoms with E-state index in [1.165, 1.54) is 0 Å². The lowest BCUT2D eigenvalue weighted by molar-refractivity contribution is 0.0469. The maximum absolute atomic E-state index is 12.0. The number of carbonyl (C=O) groups excluding carboxylic acids is 2. The zero-order valence-electron chi connectivity index (χ0n) is 11.2. The summed E-state index contributed by atoms with van der Waals surface area (Å²) >= 11 is 0. The van der Waals surface area contributed by atoms with Crippen molar-refractivity contribution < 1.29 is 14.3 Å². The van der Waals surface area contributed by atoms with Gasteiger partial charge in [0.2, 0.25) is 0 Å². The first-order valence-corrected chi connectivity index (χ1v) is 6.82. The number of ether oxygens (including phenoxy) is 1. The quantitative estimate of drug-likeness (QED) is 0.771. The number of amides is 2. The molecule has 108 valence electrons. The monoisotopic (exact) mass is 278 g/mol. The molecule has 1 aliphatic heterocycles. The van der Waals surface area contributed by atoms with Gasteiger partial charge in [-0.2, -0.15) is 0 Å². The van der Waals surface area contributed by atoms with E-state index in [1.54, 1.807) is 17.2 Å². The summed E-state index contributed by atoms with van der Waals surface area (Å²) in [5.41, 5.74) is 6.81. The van der Waals surface area contributed by atoms with Crippen LogP contribution in [-0.4, -0.2) is 47.7 Å². The third-order valence-corrected chi connectivity index (χ3v) is 3.56. The fourth-order valence-corrected chi connectivity index (χ4v) is 2.37. The van der Waals surface area contributed by atoms with Crippen LogP contribution in [0.15, 0.2) is 12.3 Å². The van der Waals surface area contributed by atoms with Crippen LogP contribution in [0.3, 0.4) is 0 Å². The van der Waals surface area contributed by atoms with Crippen molar-refractivity contribution in [3.63, 3.8) is 0 Å². The van der Waals surface area contributed by atoms with Gasteiger partial charge in [0.1, 0.15) is 12.3 Å². The van der Waals surface area contributed by atoms with Crippen LogP contribution in [0.4, 0.5) is 10.5 Å². The lowest BCUT2D eigenvalue weighted by Gasteiger charge is -2.14. The molecule has 1 saturated carbocycles. The predicted octanol–water partition coefficient (Wildman–Crippen LogP) is 0.587. The van der Waals surface area contributed by atoms with Crippen LogP contribution in [0.5, 0.6) is 0 Å². The number of nitrogens with zero attached hydrogens (tertiary/aromatic N) is 2. The second kappa shape index (κ2) is 5.07. The fourth-order valence-electron chi connectivity index (χ4n) is 2.37. The number of hydrogen-bond donors (Lipinski definition) is 2. The van der Waals surface area contributed by atoms with Crippen LogP contribution in [0, 0.1) is 0 Å². The molecular weight excluding hydrogens is 260 g/mol. The minimum Gasteiger partial charge on any atom is -0.459 e. The van der Waals surface area contributed by atoms with E-state index in [-0.39, 0.29) is 18.6 Å². The Labute approximate surface area is 116 Å². The molecule has 2 amide bonds. The summed E-state index contributed by atoms with van der Waals surface area (Å²) in [5.74, 6) is -0.381. The molecule has 7 nitrogen and oxygen atoms in total. The topological polar surface area (TPSA) is 89.6 Å². The minimum absolute atomic E-state index is 0.105. The maximum atomic E-state index is 12.0. The van der Waals surface area contributed by atoms with E-state index in [9.17, 15) is 9.59 Å². The molecular formula is C13H18N4O3. The van der Waals surface area contributed by atoms with Crippen LogP contribution >= 0.6 is 0 Å². The average molecular weight is 278 g/mol. The van der Waals surface area contributed by atoms with E-state index in [0.29, 0.717) is 37.1 Å². The highest BCUT2D eigenvalue weighted by atomic mass is 16.5. The summed E-state index contributed by atoms with van der Waals surface area (Å²) in [5, 5.41) is 2.70. The number of hydrogen-bond acceptors (Lipinski definition) is 4.